The van der Waals surface area contributed by atoms with Gasteiger partial charge in [-0.15, -0.1) is 10.2 Å². The van der Waals surface area contributed by atoms with Crippen molar-refractivity contribution in [2.24, 2.45) is 0 Å². The first-order valence-corrected chi connectivity index (χ1v) is 4.24. The van der Waals surface area contributed by atoms with Crippen LogP contribution in [0.25, 0.3) is 0 Å². The normalized spacial score (nSPS) is 11.1. The Morgan fingerprint density at radius 2 is 2.00 bits per heavy atom. The Labute approximate surface area is 82.2 Å². The maximum atomic E-state index is 10.5. The monoisotopic (exact) mass is 195 g/mol. The van der Waals surface area contributed by atoms with Crippen LogP contribution in [0.5, 0.6) is 0 Å². The van der Waals surface area contributed by atoms with Crippen LogP contribution in [-0.4, -0.2) is 26.8 Å². The SMILES string of the molecule is CC(C)(C)Nc1ccc(C(=O)O)nn1. The molecule has 0 aliphatic rings. The number of carbonyl (C=O) groups is 1. The van der Waals surface area contributed by atoms with E-state index in [9.17, 15) is 4.79 Å². The van der Waals surface area contributed by atoms with E-state index in [2.05, 4.69) is 15.5 Å². The predicted molar refractivity (Wildman–Crippen MR) is 52.4 cm³/mol. The molecule has 0 fully saturated rings. The van der Waals surface area contributed by atoms with E-state index in [0.717, 1.165) is 0 Å². The fourth-order valence-electron chi connectivity index (χ4n) is 0.897. The number of nitrogens with one attached hydrogen (secondary N) is 1. The number of aromatic nitrogens is 2. The Balaban J connectivity index is 2.79. The number of carboxylic acid groups (broad SMARTS) is 1. The zero-order valence-corrected chi connectivity index (χ0v) is 8.40. The van der Waals surface area contributed by atoms with Crippen molar-refractivity contribution in [3.63, 3.8) is 0 Å². The molecular weight excluding hydrogens is 182 g/mol. The third-order valence-corrected chi connectivity index (χ3v) is 1.39. The standard InChI is InChI=1S/C9H13N3O2/c1-9(2,3)10-7-5-4-6(8(13)14)11-12-7/h4-5H,1-3H3,(H,10,12)(H,13,14). The third kappa shape index (κ3) is 3.01. The van der Waals surface area contributed by atoms with Crippen molar-refractivity contribution in [2.45, 2.75) is 26.3 Å². The number of hydrogen-bond acceptors (Lipinski definition) is 4. The van der Waals surface area contributed by atoms with Crippen molar-refractivity contribution in [1.82, 2.24) is 10.2 Å². The number of rotatable bonds is 2. The molecule has 0 spiro atoms. The Morgan fingerprint density at radius 1 is 1.36 bits per heavy atom. The van der Waals surface area contributed by atoms with Gasteiger partial charge in [-0.05, 0) is 32.9 Å². The molecule has 1 rings (SSSR count). The molecule has 5 nitrogen and oxygen atoms in total. The predicted octanol–water partition coefficient (Wildman–Crippen LogP) is 1.39. The molecule has 0 aliphatic heterocycles. The van der Waals surface area contributed by atoms with E-state index in [1.54, 1.807) is 6.07 Å². The summed E-state index contributed by atoms with van der Waals surface area (Å²) in [5, 5.41) is 19.0. The van der Waals surface area contributed by atoms with Crippen molar-refractivity contribution in [2.75, 3.05) is 5.32 Å². The van der Waals surface area contributed by atoms with Gasteiger partial charge < -0.3 is 10.4 Å². The van der Waals surface area contributed by atoms with Crippen LogP contribution in [0.2, 0.25) is 0 Å². The number of nitrogens with zero attached hydrogens (tertiary/aromatic N) is 2. The van der Waals surface area contributed by atoms with E-state index < -0.39 is 5.97 Å². The molecule has 5 heteroatoms. The van der Waals surface area contributed by atoms with E-state index in [4.69, 9.17) is 5.11 Å². The van der Waals surface area contributed by atoms with Crippen molar-refractivity contribution in [3.8, 4) is 0 Å². The summed E-state index contributed by atoms with van der Waals surface area (Å²) in [7, 11) is 0. The van der Waals surface area contributed by atoms with Gasteiger partial charge in [0, 0.05) is 5.54 Å². The lowest BCUT2D eigenvalue weighted by atomic mass is 10.1. The molecule has 2 N–H and O–H groups in total. The molecule has 1 heterocycles. The van der Waals surface area contributed by atoms with Gasteiger partial charge in [-0.3, -0.25) is 0 Å². The van der Waals surface area contributed by atoms with Crippen molar-refractivity contribution in [1.29, 1.82) is 0 Å². The second kappa shape index (κ2) is 3.61. The molecule has 0 radical (unpaired) electrons. The molecule has 0 bridgehead atoms. The quantitative estimate of drug-likeness (QED) is 0.745. The highest BCUT2D eigenvalue weighted by Gasteiger charge is 2.11. The average molecular weight is 195 g/mol. The van der Waals surface area contributed by atoms with Crippen molar-refractivity contribution >= 4 is 11.8 Å². The molecule has 0 atom stereocenters. The van der Waals surface area contributed by atoms with Crippen LogP contribution >= 0.6 is 0 Å². The molecule has 0 aromatic carbocycles. The molecule has 14 heavy (non-hydrogen) atoms. The number of aromatic carboxylic acids is 1. The summed E-state index contributed by atoms with van der Waals surface area (Å²) < 4.78 is 0. The molecule has 0 unspecified atom stereocenters. The highest BCUT2D eigenvalue weighted by molar-refractivity contribution is 5.85. The Hall–Kier alpha value is -1.65. The first-order chi connectivity index (χ1) is 6.38. The molecule has 0 saturated heterocycles. The average Bonchev–Trinajstić information content (AvgIpc) is 2.02. The maximum absolute atomic E-state index is 10.5. The fourth-order valence-corrected chi connectivity index (χ4v) is 0.897. The molecule has 1 aromatic heterocycles. The fraction of sp³-hybridized carbons (Fsp3) is 0.444. The minimum absolute atomic E-state index is 0.0514. The molecule has 0 aliphatic carbocycles. The molecular formula is C9H13N3O2. The molecule has 1 aromatic rings. The van der Waals surface area contributed by atoms with Gasteiger partial charge in [0.15, 0.2) is 5.69 Å². The van der Waals surface area contributed by atoms with Gasteiger partial charge >= 0.3 is 5.97 Å². The highest BCUT2D eigenvalue weighted by atomic mass is 16.4. The second-order valence-corrected chi connectivity index (χ2v) is 3.98. The summed E-state index contributed by atoms with van der Waals surface area (Å²) >= 11 is 0. The number of hydrogen-bond donors (Lipinski definition) is 2. The van der Waals surface area contributed by atoms with Gasteiger partial charge in [-0.1, -0.05) is 0 Å². The van der Waals surface area contributed by atoms with Crippen LogP contribution in [-0.2, 0) is 0 Å². The lowest BCUT2D eigenvalue weighted by molar-refractivity contribution is 0.0689. The van der Waals surface area contributed by atoms with Crippen LogP contribution in [0.3, 0.4) is 0 Å². The first-order valence-electron chi connectivity index (χ1n) is 4.24. The van der Waals surface area contributed by atoms with E-state index >= 15 is 0 Å². The second-order valence-electron chi connectivity index (χ2n) is 3.98. The minimum Gasteiger partial charge on any atom is -0.476 e. The number of carboxylic acids is 1. The Kier molecular flexibility index (Phi) is 2.69. The molecule has 76 valence electrons. The van der Waals surface area contributed by atoms with Gasteiger partial charge in [0.1, 0.15) is 5.82 Å². The summed E-state index contributed by atoms with van der Waals surface area (Å²) in [4.78, 5) is 10.5. The van der Waals surface area contributed by atoms with Crippen molar-refractivity contribution < 1.29 is 9.90 Å². The first kappa shape index (κ1) is 10.4. The van der Waals surface area contributed by atoms with E-state index in [1.165, 1.54) is 6.07 Å². The van der Waals surface area contributed by atoms with Gasteiger partial charge in [0.25, 0.3) is 0 Å². The molecule has 0 saturated carbocycles. The van der Waals surface area contributed by atoms with Crippen LogP contribution in [0.15, 0.2) is 12.1 Å². The summed E-state index contributed by atoms with van der Waals surface area (Å²) in [6.07, 6.45) is 0. The van der Waals surface area contributed by atoms with Gasteiger partial charge in [0.2, 0.25) is 0 Å². The van der Waals surface area contributed by atoms with E-state index in [0.29, 0.717) is 5.82 Å². The van der Waals surface area contributed by atoms with Crippen LogP contribution < -0.4 is 5.32 Å². The lowest BCUT2D eigenvalue weighted by Gasteiger charge is -2.20. The Bertz CT molecular complexity index is 327. The van der Waals surface area contributed by atoms with E-state index in [1.807, 2.05) is 20.8 Å². The maximum Gasteiger partial charge on any atom is 0.356 e. The summed E-state index contributed by atoms with van der Waals surface area (Å²) in [6, 6.07) is 3.02. The summed E-state index contributed by atoms with van der Waals surface area (Å²) in [6.45, 7) is 5.96. The van der Waals surface area contributed by atoms with Gasteiger partial charge in [-0.25, -0.2) is 4.79 Å². The lowest BCUT2D eigenvalue weighted by Crippen LogP contribution is -2.26. The summed E-state index contributed by atoms with van der Waals surface area (Å²) in [5.74, 6) is -0.498. The van der Waals surface area contributed by atoms with Crippen LogP contribution in [0.1, 0.15) is 31.3 Å². The summed E-state index contributed by atoms with van der Waals surface area (Å²) in [5.41, 5.74) is -0.163. The zero-order chi connectivity index (χ0) is 10.8. The van der Waals surface area contributed by atoms with Gasteiger partial charge in [0.05, 0.1) is 0 Å². The van der Waals surface area contributed by atoms with Crippen LogP contribution in [0.4, 0.5) is 5.82 Å². The topological polar surface area (TPSA) is 75.1 Å². The van der Waals surface area contributed by atoms with Crippen molar-refractivity contribution in [3.05, 3.63) is 17.8 Å². The minimum atomic E-state index is -1.07. The highest BCUT2D eigenvalue weighted by Crippen LogP contribution is 2.10. The Morgan fingerprint density at radius 3 is 2.36 bits per heavy atom. The molecule has 0 amide bonds. The van der Waals surface area contributed by atoms with Gasteiger partial charge in [-0.2, -0.15) is 0 Å². The number of anilines is 1. The zero-order valence-electron chi connectivity index (χ0n) is 8.40. The smallest absolute Gasteiger partial charge is 0.356 e. The van der Waals surface area contributed by atoms with Crippen LogP contribution in [0, 0.1) is 0 Å². The van der Waals surface area contributed by atoms with E-state index in [-0.39, 0.29) is 11.2 Å². The largest absolute Gasteiger partial charge is 0.476 e. The third-order valence-electron chi connectivity index (χ3n) is 1.39.